The highest BCUT2D eigenvalue weighted by Crippen LogP contribution is 2.37. The molecule has 13 heavy (non-hydrogen) atoms. The molecular formula is C8H10O5. The van der Waals surface area contributed by atoms with E-state index in [1.807, 2.05) is 0 Å². The minimum absolute atomic E-state index is 0.167. The quantitative estimate of drug-likeness (QED) is 0.299. The highest BCUT2D eigenvalue weighted by molar-refractivity contribution is 5.83. The van der Waals surface area contributed by atoms with Crippen molar-refractivity contribution in [2.45, 2.75) is 23.9 Å². The Morgan fingerprint density at radius 3 is 3.00 bits per heavy atom. The van der Waals surface area contributed by atoms with E-state index < -0.39 is 23.8 Å². The third kappa shape index (κ3) is 1.08. The molecule has 5 nitrogen and oxygen atoms in total. The number of carbonyl (C=O) groups is 1. The summed E-state index contributed by atoms with van der Waals surface area (Å²) in [7, 11) is 1.15. The first-order chi connectivity index (χ1) is 6.09. The highest BCUT2D eigenvalue weighted by atomic mass is 16.6. The van der Waals surface area contributed by atoms with Crippen molar-refractivity contribution in [2.24, 2.45) is 0 Å². The number of rotatable bonds is 1. The fourth-order valence-corrected chi connectivity index (χ4v) is 1.49. The number of fused-ring (bicyclic) bond motifs is 1. The molecule has 0 amide bonds. The van der Waals surface area contributed by atoms with E-state index in [2.05, 4.69) is 4.74 Å². The summed E-state index contributed by atoms with van der Waals surface area (Å²) >= 11 is 0. The standard InChI is InChI=1S/C8H10O5/c1-12-7(10)8(11)3-2-4-5(13-4)6(8)9/h2-6,9,11H,1H3/t4-,5-,6-,8+/m1/s1. The third-order valence-electron chi connectivity index (χ3n) is 2.38. The highest BCUT2D eigenvalue weighted by Gasteiger charge is 2.58. The van der Waals surface area contributed by atoms with Gasteiger partial charge in [0.05, 0.1) is 7.11 Å². The fraction of sp³-hybridized carbons (Fsp3) is 0.625. The van der Waals surface area contributed by atoms with Crippen LogP contribution in [0.3, 0.4) is 0 Å². The number of methoxy groups -OCH3 is 1. The van der Waals surface area contributed by atoms with E-state index in [-0.39, 0.29) is 6.10 Å². The second-order valence-corrected chi connectivity index (χ2v) is 3.19. The van der Waals surface area contributed by atoms with E-state index in [0.717, 1.165) is 7.11 Å². The van der Waals surface area contributed by atoms with E-state index in [1.165, 1.54) is 6.08 Å². The number of hydrogen-bond acceptors (Lipinski definition) is 5. The second kappa shape index (κ2) is 2.54. The van der Waals surface area contributed by atoms with Crippen molar-refractivity contribution in [2.75, 3.05) is 7.11 Å². The van der Waals surface area contributed by atoms with Gasteiger partial charge in [-0.3, -0.25) is 0 Å². The van der Waals surface area contributed by atoms with Gasteiger partial charge in [0.15, 0.2) is 0 Å². The first-order valence-corrected chi connectivity index (χ1v) is 3.93. The molecule has 1 heterocycles. The summed E-state index contributed by atoms with van der Waals surface area (Å²) < 4.78 is 9.35. The third-order valence-corrected chi connectivity index (χ3v) is 2.38. The Kier molecular flexibility index (Phi) is 1.69. The molecule has 0 radical (unpaired) electrons. The molecule has 1 aliphatic carbocycles. The molecule has 1 fully saturated rings. The van der Waals surface area contributed by atoms with Gasteiger partial charge in [-0.15, -0.1) is 0 Å². The van der Waals surface area contributed by atoms with E-state index >= 15 is 0 Å². The first kappa shape index (κ1) is 8.68. The Labute approximate surface area is 74.6 Å². The Morgan fingerprint density at radius 1 is 1.69 bits per heavy atom. The lowest BCUT2D eigenvalue weighted by molar-refractivity contribution is -0.168. The average Bonchev–Trinajstić information content (AvgIpc) is 2.90. The predicted octanol–water partition coefficient (Wildman–Crippen LogP) is -1.41. The zero-order valence-corrected chi connectivity index (χ0v) is 7.01. The van der Waals surface area contributed by atoms with Crippen LogP contribution in [0.5, 0.6) is 0 Å². The van der Waals surface area contributed by atoms with Crippen molar-refractivity contribution < 1.29 is 24.5 Å². The van der Waals surface area contributed by atoms with Crippen LogP contribution in [0.2, 0.25) is 0 Å². The maximum Gasteiger partial charge on any atom is 0.344 e. The van der Waals surface area contributed by atoms with Crippen LogP contribution < -0.4 is 0 Å². The lowest BCUT2D eigenvalue weighted by Gasteiger charge is -2.27. The lowest BCUT2D eigenvalue weighted by atomic mass is 9.88. The largest absolute Gasteiger partial charge is 0.467 e. The summed E-state index contributed by atoms with van der Waals surface area (Å²) in [6.07, 6.45) is 0.885. The fourth-order valence-electron chi connectivity index (χ4n) is 1.49. The van der Waals surface area contributed by atoms with Gasteiger partial charge >= 0.3 is 5.97 Å². The number of epoxide rings is 1. The number of hydrogen-bond donors (Lipinski definition) is 2. The Balaban J connectivity index is 2.26. The molecule has 2 aliphatic rings. The maximum atomic E-state index is 11.1. The average molecular weight is 186 g/mol. The minimum Gasteiger partial charge on any atom is -0.467 e. The Morgan fingerprint density at radius 2 is 2.38 bits per heavy atom. The summed E-state index contributed by atoms with van der Waals surface area (Å²) in [6, 6.07) is 0. The molecular weight excluding hydrogens is 176 g/mol. The summed E-state index contributed by atoms with van der Waals surface area (Å²) in [5.74, 6) is -0.870. The van der Waals surface area contributed by atoms with Crippen molar-refractivity contribution in [3.05, 3.63) is 12.2 Å². The molecule has 72 valence electrons. The van der Waals surface area contributed by atoms with Crippen LogP contribution in [0.15, 0.2) is 12.2 Å². The van der Waals surface area contributed by atoms with Crippen LogP contribution in [0.25, 0.3) is 0 Å². The van der Waals surface area contributed by atoms with E-state index in [1.54, 1.807) is 6.08 Å². The van der Waals surface area contributed by atoms with E-state index in [0.29, 0.717) is 0 Å². The number of aliphatic hydroxyl groups is 2. The number of aliphatic hydroxyl groups excluding tert-OH is 1. The smallest absolute Gasteiger partial charge is 0.344 e. The molecule has 0 bridgehead atoms. The summed E-state index contributed by atoms with van der Waals surface area (Å²) in [4.78, 5) is 11.1. The molecule has 0 aromatic rings. The van der Waals surface area contributed by atoms with Gasteiger partial charge in [0.2, 0.25) is 5.60 Å². The van der Waals surface area contributed by atoms with Gasteiger partial charge in [-0.1, -0.05) is 6.08 Å². The zero-order chi connectivity index (χ0) is 9.64. The van der Waals surface area contributed by atoms with Crippen LogP contribution in [0.1, 0.15) is 0 Å². The molecule has 1 saturated heterocycles. The van der Waals surface area contributed by atoms with Crippen LogP contribution in [0.4, 0.5) is 0 Å². The Bertz CT molecular complexity index is 274. The predicted molar refractivity (Wildman–Crippen MR) is 40.8 cm³/mol. The summed E-state index contributed by atoms with van der Waals surface area (Å²) in [5.41, 5.74) is -1.95. The molecule has 4 atom stereocenters. The van der Waals surface area contributed by atoms with Crippen molar-refractivity contribution in [3.63, 3.8) is 0 Å². The summed E-state index contributed by atoms with van der Waals surface area (Å²) in [5, 5.41) is 19.2. The van der Waals surface area contributed by atoms with Gasteiger partial charge in [0, 0.05) is 0 Å². The van der Waals surface area contributed by atoms with Gasteiger partial charge in [-0.2, -0.15) is 0 Å². The summed E-state index contributed by atoms with van der Waals surface area (Å²) in [6.45, 7) is 0. The van der Waals surface area contributed by atoms with Gasteiger partial charge < -0.3 is 19.7 Å². The molecule has 0 aromatic heterocycles. The molecule has 0 aromatic carbocycles. The van der Waals surface area contributed by atoms with Crippen molar-refractivity contribution >= 4 is 5.97 Å². The molecule has 2 rings (SSSR count). The van der Waals surface area contributed by atoms with Crippen molar-refractivity contribution in [3.8, 4) is 0 Å². The minimum atomic E-state index is -1.95. The monoisotopic (exact) mass is 186 g/mol. The number of ether oxygens (including phenoxy) is 2. The molecule has 2 N–H and O–H groups in total. The van der Waals surface area contributed by atoms with Crippen LogP contribution in [0, 0.1) is 0 Å². The molecule has 0 spiro atoms. The Hall–Kier alpha value is -0.910. The van der Waals surface area contributed by atoms with Crippen LogP contribution in [-0.4, -0.2) is 47.2 Å². The first-order valence-electron chi connectivity index (χ1n) is 3.93. The van der Waals surface area contributed by atoms with Crippen molar-refractivity contribution in [1.82, 2.24) is 0 Å². The topological polar surface area (TPSA) is 79.3 Å². The van der Waals surface area contributed by atoms with Gasteiger partial charge in [-0.05, 0) is 6.08 Å². The van der Waals surface area contributed by atoms with Gasteiger partial charge in [-0.25, -0.2) is 4.79 Å². The van der Waals surface area contributed by atoms with Crippen molar-refractivity contribution in [1.29, 1.82) is 0 Å². The second-order valence-electron chi connectivity index (χ2n) is 3.19. The van der Waals surface area contributed by atoms with E-state index in [9.17, 15) is 15.0 Å². The zero-order valence-electron chi connectivity index (χ0n) is 7.01. The lowest BCUT2D eigenvalue weighted by Crippen LogP contribution is -2.53. The SMILES string of the molecule is COC(=O)[C@]1(O)C=C[C@H]2O[C@H]2[C@H]1O. The maximum absolute atomic E-state index is 11.1. The normalized spacial score (nSPS) is 46.8. The van der Waals surface area contributed by atoms with Crippen LogP contribution in [-0.2, 0) is 14.3 Å². The number of esters is 1. The van der Waals surface area contributed by atoms with Gasteiger partial charge in [0.1, 0.15) is 18.3 Å². The van der Waals surface area contributed by atoms with Gasteiger partial charge in [0.25, 0.3) is 0 Å². The molecule has 5 heteroatoms. The molecule has 1 aliphatic heterocycles. The molecule has 0 saturated carbocycles. The van der Waals surface area contributed by atoms with Crippen LogP contribution >= 0.6 is 0 Å². The molecule has 0 unspecified atom stereocenters. The van der Waals surface area contributed by atoms with E-state index in [4.69, 9.17) is 4.74 Å². The number of carbonyl (C=O) groups excluding carboxylic acids is 1.